The van der Waals surface area contributed by atoms with Gasteiger partial charge in [0.15, 0.2) is 0 Å². The summed E-state index contributed by atoms with van der Waals surface area (Å²) in [6, 6.07) is 2.67. The van der Waals surface area contributed by atoms with E-state index in [4.69, 9.17) is 10.00 Å². The molecule has 0 aromatic rings. The maximum atomic E-state index is 8.57. The van der Waals surface area contributed by atoms with Crippen LogP contribution in [0.3, 0.4) is 0 Å². The number of hydrogen-bond acceptors (Lipinski definition) is 3. The minimum absolute atomic E-state index is 0.475. The van der Waals surface area contributed by atoms with E-state index in [2.05, 4.69) is 11.0 Å². The van der Waals surface area contributed by atoms with Gasteiger partial charge in [0.1, 0.15) is 0 Å². The topological polar surface area (TPSA) is 36.3 Å². The summed E-state index contributed by atoms with van der Waals surface area (Å²) in [5.74, 6) is 0. The smallest absolute Gasteiger partial charge is 0.0869 e. The first-order valence-electron chi connectivity index (χ1n) is 4.48. The van der Waals surface area contributed by atoms with Crippen molar-refractivity contribution in [2.24, 2.45) is 0 Å². The van der Waals surface area contributed by atoms with Gasteiger partial charge in [-0.05, 0) is 19.4 Å². The molecule has 1 fully saturated rings. The molecular formula is C9H16N2O. The Hall–Kier alpha value is -0.590. The summed E-state index contributed by atoms with van der Waals surface area (Å²) in [6.45, 7) is 2.37. The van der Waals surface area contributed by atoms with Gasteiger partial charge in [0, 0.05) is 13.2 Å². The summed E-state index contributed by atoms with van der Waals surface area (Å²) in [5.41, 5.74) is 0. The van der Waals surface area contributed by atoms with Crippen LogP contribution >= 0.6 is 0 Å². The van der Waals surface area contributed by atoms with Crippen LogP contribution < -0.4 is 0 Å². The van der Waals surface area contributed by atoms with Crippen LogP contribution in [0, 0.1) is 11.3 Å². The molecule has 68 valence electrons. The molecule has 0 aromatic carbocycles. The van der Waals surface area contributed by atoms with Gasteiger partial charge in [-0.2, -0.15) is 5.26 Å². The van der Waals surface area contributed by atoms with E-state index in [0.29, 0.717) is 12.6 Å². The van der Waals surface area contributed by atoms with E-state index in [1.807, 2.05) is 0 Å². The highest BCUT2D eigenvalue weighted by atomic mass is 16.5. The average molecular weight is 168 g/mol. The summed E-state index contributed by atoms with van der Waals surface area (Å²) >= 11 is 0. The number of hydrogen-bond donors (Lipinski definition) is 0. The van der Waals surface area contributed by atoms with Crippen molar-refractivity contribution >= 4 is 0 Å². The highest BCUT2D eigenvalue weighted by molar-refractivity contribution is 4.84. The Balaban J connectivity index is 2.38. The predicted molar refractivity (Wildman–Crippen MR) is 46.7 cm³/mol. The van der Waals surface area contributed by atoms with Gasteiger partial charge in [0.05, 0.1) is 19.2 Å². The summed E-state index contributed by atoms with van der Waals surface area (Å²) in [6.07, 6.45) is 3.67. The molecule has 1 unspecified atom stereocenters. The molecule has 0 saturated carbocycles. The van der Waals surface area contributed by atoms with Crippen LogP contribution in [0.25, 0.3) is 0 Å². The van der Waals surface area contributed by atoms with Crippen LogP contribution in [-0.2, 0) is 4.74 Å². The molecule has 1 heterocycles. The molecule has 3 heteroatoms. The van der Waals surface area contributed by atoms with Crippen molar-refractivity contribution in [1.82, 2.24) is 4.90 Å². The fraction of sp³-hybridized carbons (Fsp3) is 0.889. The summed E-state index contributed by atoms with van der Waals surface area (Å²) in [5, 5.41) is 8.57. The van der Waals surface area contributed by atoms with Gasteiger partial charge in [-0.1, -0.05) is 6.42 Å². The molecule has 0 spiro atoms. The van der Waals surface area contributed by atoms with Crippen molar-refractivity contribution in [3.63, 3.8) is 0 Å². The highest BCUT2D eigenvalue weighted by Gasteiger charge is 2.21. The van der Waals surface area contributed by atoms with E-state index in [-0.39, 0.29) is 0 Å². The molecule has 0 amide bonds. The predicted octanol–water partition coefficient (Wildman–Crippen LogP) is 1.01. The van der Waals surface area contributed by atoms with Crippen molar-refractivity contribution in [3.05, 3.63) is 0 Å². The van der Waals surface area contributed by atoms with E-state index in [1.165, 1.54) is 19.3 Å². The molecule has 0 aromatic heterocycles. The summed E-state index contributed by atoms with van der Waals surface area (Å²) in [7, 11) is 1.72. The van der Waals surface area contributed by atoms with Crippen LogP contribution in [0.1, 0.15) is 19.3 Å². The lowest BCUT2D eigenvalue weighted by Crippen LogP contribution is -2.42. The van der Waals surface area contributed by atoms with Crippen LogP contribution in [0.2, 0.25) is 0 Å². The Morgan fingerprint density at radius 1 is 1.58 bits per heavy atom. The first-order chi connectivity index (χ1) is 5.88. The van der Waals surface area contributed by atoms with E-state index in [9.17, 15) is 0 Å². The number of nitriles is 1. The van der Waals surface area contributed by atoms with Crippen LogP contribution in [0.4, 0.5) is 0 Å². The van der Waals surface area contributed by atoms with Crippen LogP contribution in [-0.4, -0.2) is 37.7 Å². The second-order valence-electron chi connectivity index (χ2n) is 3.23. The average Bonchev–Trinajstić information content (AvgIpc) is 2.09. The normalized spacial score (nSPS) is 25.2. The van der Waals surface area contributed by atoms with Gasteiger partial charge in [0.2, 0.25) is 0 Å². The Morgan fingerprint density at radius 2 is 2.42 bits per heavy atom. The third-order valence-corrected chi connectivity index (χ3v) is 2.38. The van der Waals surface area contributed by atoms with Crippen molar-refractivity contribution in [1.29, 1.82) is 5.26 Å². The molecule has 1 aliphatic rings. The van der Waals surface area contributed by atoms with Crippen molar-refractivity contribution < 1.29 is 4.74 Å². The van der Waals surface area contributed by atoms with E-state index < -0.39 is 0 Å². The summed E-state index contributed by atoms with van der Waals surface area (Å²) < 4.78 is 5.11. The molecular weight excluding hydrogens is 152 g/mol. The minimum Gasteiger partial charge on any atom is -0.383 e. The number of ether oxygens (including phenoxy) is 1. The SMILES string of the molecule is COCC1CCCCN1CC#N. The summed E-state index contributed by atoms with van der Waals surface area (Å²) in [4.78, 5) is 2.22. The Morgan fingerprint density at radius 3 is 3.08 bits per heavy atom. The standard InChI is InChI=1S/C9H16N2O/c1-12-8-9-4-2-3-6-11(9)7-5-10/h9H,2-4,6-8H2,1H3. The number of rotatable bonds is 3. The fourth-order valence-electron chi connectivity index (χ4n) is 1.74. The zero-order valence-electron chi connectivity index (χ0n) is 7.62. The molecule has 3 nitrogen and oxygen atoms in total. The first-order valence-corrected chi connectivity index (χ1v) is 4.48. The molecule has 1 rings (SSSR count). The van der Waals surface area contributed by atoms with Gasteiger partial charge in [0.25, 0.3) is 0 Å². The molecule has 1 aliphatic heterocycles. The molecule has 0 bridgehead atoms. The molecule has 0 aliphatic carbocycles. The molecule has 1 atom stereocenters. The van der Waals surface area contributed by atoms with Crippen molar-refractivity contribution in [2.75, 3.05) is 26.8 Å². The van der Waals surface area contributed by atoms with Gasteiger partial charge in [-0.15, -0.1) is 0 Å². The lowest BCUT2D eigenvalue weighted by Gasteiger charge is -2.33. The second kappa shape index (κ2) is 5.13. The Bertz CT molecular complexity index is 162. The lowest BCUT2D eigenvalue weighted by molar-refractivity contribution is 0.0740. The third kappa shape index (κ3) is 2.47. The fourth-order valence-corrected chi connectivity index (χ4v) is 1.74. The van der Waals surface area contributed by atoms with E-state index in [1.54, 1.807) is 7.11 Å². The van der Waals surface area contributed by atoms with Gasteiger partial charge >= 0.3 is 0 Å². The molecule has 0 radical (unpaired) electrons. The largest absolute Gasteiger partial charge is 0.383 e. The number of piperidine rings is 1. The number of likely N-dealkylation sites (tertiary alicyclic amines) is 1. The third-order valence-electron chi connectivity index (χ3n) is 2.38. The Kier molecular flexibility index (Phi) is 4.06. The van der Waals surface area contributed by atoms with Gasteiger partial charge in [-0.25, -0.2) is 0 Å². The zero-order valence-corrected chi connectivity index (χ0v) is 7.62. The van der Waals surface area contributed by atoms with E-state index in [0.717, 1.165) is 13.2 Å². The van der Waals surface area contributed by atoms with Crippen LogP contribution in [0.5, 0.6) is 0 Å². The quantitative estimate of drug-likeness (QED) is 0.590. The van der Waals surface area contributed by atoms with E-state index >= 15 is 0 Å². The van der Waals surface area contributed by atoms with Gasteiger partial charge in [-0.3, -0.25) is 4.90 Å². The Labute approximate surface area is 73.9 Å². The first kappa shape index (κ1) is 9.50. The molecule has 1 saturated heterocycles. The number of methoxy groups -OCH3 is 1. The second-order valence-corrected chi connectivity index (χ2v) is 3.23. The monoisotopic (exact) mass is 168 g/mol. The minimum atomic E-state index is 0.475. The van der Waals surface area contributed by atoms with Crippen molar-refractivity contribution in [3.8, 4) is 6.07 Å². The lowest BCUT2D eigenvalue weighted by atomic mass is 10.0. The molecule has 0 N–H and O–H groups in total. The maximum absolute atomic E-state index is 8.57. The molecule has 12 heavy (non-hydrogen) atoms. The zero-order chi connectivity index (χ0) is 8.81. The van der Waals surface area contributed by atoms with Crippen LogP contribution in [0.15, 0.2) is 0 Å². The maximum Gasteiger partial charge on any atom is 0.0869 e. The van der Waals surface area contributed by atoms with Crippen molar-refractivity contribution in [2.45, 2.75) is 25.3 Å². The number of nitrogens with zero attached hydrogens (tertiary/aromatic N) is 2. The highest BCUT2D eigenvalue weighted by Crippen LogP contribution is 2.16. The van der Waals surface area contributed by atoms with Gasteiger partial charge < -0.3 is 4.74 Å².